The van der Waals surface area contributed by atoms with E-state index in [1.54, 1.807) is 24.3 Å². The number of fused-ring (bicyclic) bond motifs is 1. The van der Waals surface area contributed by atoms with Crippen LogP contribution in [0.3, 0.4) is 0 Å². The fourth-order valence-electron chi connectivity index (χ4n) is 4.14. The lowest BCUT2D eigenvalue weighted by Gasteiger charge is -2.20. The van der Waals surface area contributed by atoms with Crippen molar-refractivity contribution in [3.05, 3.63) is 99.2 Å². The van der Waals surface area contributed by atoms with Crippen molar-refractivity contribution in [1.29, 1.82) is 0 Å². The largest absolute Gasteiger partial charge is 0.478 e. The molecule has 0 spiro atoms. The van der Waals surface area contributed by atoms with Crippen molar-refractivity contribution in [2.45, 2.75) is 46.1 Å². The van der Waals surface area contributed by atoms with Crippen LogP contribution in [-0.4, -0.2) is 11.1 Å². The Kier molecular flexibility index (Phi) is 6.05. The maximum Gasteiger partial charge on any atom is 0.337 e. The van der Waals surface area contributed by atoms with Crippen molar-refractivity contribution in [2.75, 3.05) is 5.32 Å². The molecule has 0 aliphatic rings. The average molecular weight is 456 g/mol. The van der Waals surface area contributed by atoms with Gasteiger partial charge in [-0.2, -0.15) is 0 Å². The van der Waals surface area contributed by atoms with E-state index >= 15 is 0 Å². The van der Waals surface area contributed by atoms with E-state index in [1.807, 2.05) is 38.1 Å². The first-order valence-corrected chi connectivity index (χ1v) is 11.3. The molecule has 4 aromatic rings. The van der Waals surface area contributed by atoms with E-state index in [9.17, 15) is 14.7 Å². The van der Waals surface area contributed by atoms with Gasteiger partial charge in [0.2, 0.25) is 0 Å². The van der Waals surface area contributed by atoms with E-state index in [-0.39, 0.29) is 22.4 Å². The van der Waals surface area contributed by atoms with Crippen LogP contribution in [0.15, 0.2) is 75.9 Å². The van der Waals surface area contributed by atoms with Gasteiger partial charge >= 0.3 is 5.97 Å². The zero-order valence-electron chi connectivity index (χ0n) is 20.1. The van der Waals surface area contributed by atoms with Gasteiger partial charge in [-0.05, 0) is 48.6 Å². The minimum atomic E-state index is -1.00. The van der Waals surface area contributed by atoms with Gasteiger partial charge in [0, 0.05) is 22.9 Å². The predicted molar refractivity (Wildman–Crippen MR) is 137 cm³/mol. The molecule has 0 saturated carbocycles. The van der Waals surface area contributed by atoms with Gasteiger partial charge in [-0.3, -0.25) is 4.79 Å². The van der Waals surface area contributed by atoms with Gasteiger partial charge in [0.05, 0.1) is 17.0 Å². The summed E-state index contributed by atoms with van der Waals surface area (Å²) in [6.07, 6.45) is 0. The van der Waals surface area contributed by atoms with Gasteiger partial charge in [-0.15, -0.1) is 0 Å². The Morgan fingerprint density at radius 2 is 1.68 bits per heavy atom. The fourth-order valence-corrected chi connectivity index (χ4v) is 4.14. The van der Waals surface area contributed by atoms with Gasteiger partial charge in [-0.1, -0.05) is 63.2 Å². The molecule has 4 rings (SSSR count). The lowest BCUT2D eigenvalue weighted by molar-refractivity contribution is 0.0698. The Labute approximate surface area is 199 Å². The van der Waals surface area contributed by atoms with Crippen LogP contribution < -0.4 is 10.7 Å². The van der Waals surface area contributed by atoms with Crippen LogP contribution in [-0.2, 0) is 5.41 Å². The highest BCUT2D eigenvalue weighted by atomic mass is 16.4. The van der Waals surface area contributed by atoms with E-state index in [4.69, 9.17) is 4.42 Å². The Bertz CT molecular complexity index is 1430. The normalized spacial score (nSPS) is 12.5. The summed E-state index contributed by atoms with van der Waals surface area (Å²) in [7, 11) is 0. The average Bonchev–Trinajstić information content (AvgIpc) is 2.78. The summed E-state index contributed by atoms with van der Waals surface area (Å²) < 4.78 is 6.32. The monoisotopic (exact) mass is 455 g/mol. The standard InChI is InChI=1S/C29H29NO4/c1-17-14-22(18(2)30-24-9-7-6-8-21(24)28(32)33)27-23(15-17)25(31)16-26(34-27)19-10-12-20(13-11-19)29(3,4)5/h6-16,18,30H,1-5H3,(H,32,33). The number of aryl methyl sites for hydroxylation is 1. The molecule has 2 N–H and O–H groups in total. The molecule has 5 heteroatoms. The number of nitrogens with one attached hydrogen (secondary N) is 1. The Balaban J connectivity index is 1.81. The second-order valence-electron chi connectivity index (χ2n) is 9.75. The van der Waals surface area contributed by atoms with Gasteiger partial charge in [0.25, 0.3) is 0 Å². The molecule has 1 unspecified atom stereocenters. The van der Waals surface area contributed by atoms with Crippen molar-refractivity contribution >= 4 is 22.6 Å². The van der Waals surface area contributed by atoms with Crippen molar-refractivity contribution in [3.8, 4) is 11.3 Å². The predicted octanol–water partition coefficient (Wildman–Crippen LogP) is 6.94. The minimum absolute atomic E-state index is 0.0286. The molecule has 5 nitrogen and oxygen atoms in total. The van der Waals surface area contributed by atoms with Crippen LogP contribution in [0.2, 0.25) is 0 Å². The van der Waals surface area contributed by atoms with E-state index in [1.165, 1.54) is 11.6 Å². The molecule has 34 heavy (non-hydrogen) atoms. The van der Waals surface area contributed by atoms with Gasteiger partial charge in [0.15, 0.2) is 5.43 Å². The Morgan fingerprint density at radius 1 is 1.00 bits per heavy atom. The quantitative estimate of drug-likeness (QED) is 0.341. The Hall–Kier alpha value is -3.86. The lowest BCUT2D eigenvalue weighted by Crippen LogP contribution is -2.12. The molecule has 0 aliphatic carbocycles. The van der Waals surface area contributed by atoms with Gasteiger partial charge in [-0.25, -0.2) is 4.79 Å². The van der Waals surface area contributed by atoms with Crippen LogP contribution >= 0.6 is 0 Å². The second kappa shape index (κ2) is 8.82. The number of rotatable bonds is 5. The summed E-state index contributed by atoms with van der Waals surface area (Å²) in [5.41, 5.74) is 4.86. The van der Waals surface area contributed by atoms with Crippen LogP contribution in [0.1, 0.15) is 60.8 Å². The molecular formula is C29H29NO4. The molecule has 0 aliphatic heterocycles. The molecule has 3 aromatic carbocycles. The number of benzene rings is 3. The third-order valence-corrected chi connectivity index (χ3v) is 6.03. The smallest absolute Gasteiger partial charge is 0.337 e. The summed E-state index contributed by atoms with van der Waals surface area (Å²) >= 11 is 0. The van der Waals surface area contributed by atoms with Crippen LogP contribution in [0.5, 0.6) is 0 Å². The van der Waals surface area contributed by atoms with Crippen molar-refractivity contribution in [3.63, 3.8) is 0 Å². The van der Waals surface area contributed by atoms with E-state index < -0.39 is 5.97 Å². The summed E-state index contributed by atoms with van der Waals surface area (Å²) in [6, 6.07) is 19.9. The number of hydrogen-bond donors (Lipinski definition) is 2. The zero-order chi connectivity index (χ0) is 24.6. The first kappa shape index (κ1) is 23.3. The van der Waals surface area contributed by atoms with E-state index in [2.05, 4.69) is 38.2 Å². The summed E-state index contributed by atoms with van der Waals surface area (Å²) in [4.78, 5) is 24.7. The van der Waals surface area contributed by atoms with Crippen LogP contribution in [0.4, 0.5) is 5.69 Å². The highest BCUT2D eigenvalue weighted by Crippen LogP contribution is 2.32. The number of carbonyl (C=O) groups is 1. The van der Waals surface area contributed by atoms with E-state index in [0.29, 0.717) is 22.4 Å². The molecule has 0 bridgehead atoms. The number of para-hydroxylation sites is 1. The van der Waals surface area contributed by atoms with Crippen molar-refractivity contribution in [2.24, 2.45) is 0 Å². The number of aromatic carboxylic acids is 1. The van der Waals surface area contributed by atoms with Crippen molar-refractivity contribution in [1.82, 2.24) is 0 Å². The SMILES string of the molecule is Cc1cc(C(C)Nc2ccccc2C(=O)O)c2oc(-c3ccc(C(C)(C)C)cc3)cc(=O)c2c1. The first-order valence-electron chi connectivity index (χ1n) is 11.3. The molecule has 174 valence electrons. The third-order valence-electron chi connectivity index (χ3n) is 6.03. The summed E-state index contributed by atoms with van der Waals surface area (Å²) in [6.45, 7) is 10.3. The molecule has 0 amide bonds. The molecule has 1 heterocycles. The number of hydrogen-bond acceptors (Lipinski definition) is 4. The summed E-state index contributed by atoms with van der Waals surface area (Å²) in [5.74, 6) is -0.502. The molecule has 0 fully saturated rings. The third kappa shape index (κ3) is 4.60. The zero-order valence-corrected chi connectivity index (χ0v) is 20.1. The van der Waals surface area contributed by atoms with Crippen LogP contribution in [0, 0.1) is 6.92 Å². The number of carboxylic acid groups (broad SMARTS) is 1. The summed E-state index contributed by atoms with van der Waals surface area (Å²) in [5, 5.41) is 13.3. The number of anilines is 1. The molecule has 1 atom stereocenters. The maximum absolute atomic E-state index is 13.1. The Morgan fingerprint density at radius 3 is 2.32 bits per heavy atom. The topological polar surface area (TPSA) is 79.5 Å². The van der Waals surface area contributed by atoms with E-state index in [0.717, 1.165) is 16.7 Å². The first-order chi connectivity index (χ1) is 16.0. The molecule has 0 saturated heterocycles. The highest BCUT2D eigenvalue weighted by Gasteiger charge is 2.19. The highest BCUT2D eigenvalue weighted by molar-refractivity contribution is 5.94. The van der Waals surface area contributed by atoms with Crippen molar-refractivity contribution < 1.29 is 14.3 Å². The molecule has 1 aromatic heterocycles. The lowest BCUT2D eigenvalue weighted by atomic mass is 9.86. The van der Waals surface area contributed by atoms with Gasteiger partial charge in [0.1, 0.15) is 11.3 Å². The van der Waals surface area contributed by atoms with Gasteiger partial charge < -0.3 is 14.8 Å². The second-order valence-corrected chi connectivity index (χ2v) is 9.75. The minimum Gasteiger partial charge on any atom is -0.478 e. The molecular weight excluding hydrogens is 426 g/mol. The van der Waals surface area contributed by atoms with Crippen LogP contribution in [0.25, 0.3) is 22.3 Å². The number of carboxylic acids is 1. The fraction of sp³-hybridized carbons (Fsp3) is 0.241. The molecule has 0 radical (unpaired) electrons. The maximum atomic E-state index is 13.1.